The van der Waals surface area contributed by atoms with Crippen LogP contribution in [0.25, 0.3) is 5.57 Å². The molecule has 9 nitrogen and oxygen atoms in total. The molecule has 2 aliphatic heterocycles. The van der Waals surface area contributed by atoms with E-state index in [-0.39, 0.29) is 17.0 Å². The van der Waals surface area contributed by atoms with E-state index in [1.54, 1.807) is 24.3 Å². The molecule has 2 aromatic carbocycles. The number of imide groups is 1. The number of hydrogen-bond acceptors (Lipinski definition) is 7. The molecule has 1 saturated heterocycles. The second-order valence-corrected chi connectivity index (χ2v) is 6.97. The van der Waals surface area contributed by atoms with E-state index in [1.165, 1.54) is 24.3 Å². The molecule has 4 rings (SSSR count). The van der Waals surface area contributed by atoms with Crippen LogP contribution in [0.4, 0.5) is 11.4 Å². The second kappa shape index (κ2) is 8.57. The average Bonchev–Trinajstić information content (AvgIpc) is 3.05. The Labute approximate surface area is 178 Å². The van der Waals surface area contributed by atoms with Gasteiger partial charge in [0.2, 0.25) is 0 Å². The lowest BCUT2D eigenvalue weighted by Gasteiger charge is -2.29. The maximum Gasteiger partial charge on any atom is 0.282 e. The molecular formula is C22H21N3O6. The number of ether oxygens (including phenoxy) is 2. The fourth-order valence-corrected chi connectivity index (χ4v) is 3.75. The summed E-state index contributed by atoms with van der Waals surface area (Å²) in [7, 11) is 0. The van der Waals surface area contributed by atoms with Gasteiger partial charge in [0, 0.05) is 25.2 Å². The van der Waals surface area contributed by atoms with Crippen LogP contribution in [-0.4, -0.2) is 54.5 Å². The van der Waals surface area contributed by atoms with Crippen LogP contribution in [0.1, 0.15) is 12.5 Å². The molecule has 0 aromatic heterocycles. The quantitative estimate of drug-likeness (QED) is 0.400. The van der Waals surface area contributed by atoms with E-state index in [2.05, 4.69) is 0 Å². The van der Waals surface area contributed by atoms with Crippen molar-refractivity contribution in [3.63, 3.8) is 0 Å². The lowest BCUT2D eigenvalue weighted by Crippen LogP contribution is -2.40. The summed E-state index contributed by atoms with van der Waals surface area (Å²) >= 11 is 0. The maximum atomic E-state index is 13.5. The predicted molar refractivity (Wildman–Crippen MR) is 113 cm³/mol. The summed E-state index contributed by atoms with van der Waals surface area (Å²) in [5, 5.41) is 11.0. The van der Waals surface area contributed by atoms with Gasteiger partial charge in [-0.1, -0.05) is 12.1 Å². The summed E-state index contributed by atoms with van der Waals surface area (Å²) in [5.41, 5.74) is 1.21. The lowest BCUT2D eigenvalue weighted by molar-refractivity contribution is -0.384. The average molecular weight is 423 g/mol. The minimum Gasteiger partial charge on any atom is -0.492 e. The van der Waals surface area contributed by atoms with E-state index < -0.39 is 16.7 Å². The summed E-state index contributed by atoms with van der Waals surface area (Å²) < 4.78 is 11.0. The largest absolute Gasteiger partial charge is 0.492 e. The van der Waals surface area contributed by atoms with Crippen LogP contribution in [0.5, 0.6) is 5.75 Å². The summed E-state index contributed by atoms with van der Waals surface area (Å²) in [6.45, 7) is 4.01. The van der Waals surface area contributed by atoms with Crippen LogP contribution in [0, 0.1) is 10.1 Å². The third kappa shape index (κ3) is 3.75. The highest BCUT2D eigenvalue weighted by Crippen LogP contribution is 2.39. The molecule has 2 amide bonds. The van der Waals surface area contributed by atoms with Crippen LogP contribution < -0.4 is 9.64 Å². The predicted octanol–water partition coefficient (Wildman–Crippen LogP) is 2.61. The van der Waals surface area contributed by atoms with Crippen molar-refractivity contribution in [1.29, 1.82) is 0 Å². The summed E-state index contributed by atoms with van der Waals surface area (Å²) in [5.74, 6) is -0.516. The molecule has 1 fully saturated rings. The molecule has 0 atom stereocenters. The van der Waals surface area contributed by atoms with Crippen molar-refractivity contribution in [1.82, 2.24) is 4.90 Å². The number of anilines is 1. The van der Waals surface area contributed by atoms with E-state index in [0.717, 1.165) is 4.90 Å². The van der Waals surface area contributed by atoms with Gasteiger partial charge in [0.15, 0.2) is 0 Å². The number of amides is 2. The molecule has 31 heavy (non-hydrogen) atoms. The van der Waals surface area contributed by atoms with Crippen LogP contribution in [0.3, 0.4) is 0 Å². The van der Waals surface area contributed by atoms with Gasteiger partial charge in [0.25, 0.3) is 17.5 Å². The Kier molecular flexibility index (Phi) is 5.68. The zero-order chi connectivity index (χ0) is 22.0. The van der Waals surface area contributed by atoms with Crippen molar-refractivity contribution < 1.29 is 24.0 Å². The van der Waals surface area contributed by atoms with E-state index >= 15 is 0 Å². The first-order valence-electron chi connectivity index (χ1n) is 9.95. The van der Waals surface area contributed by atoms with Crippen LogP contribution in [-0.2, 0) is 14.3 Å². The number of carbonyl (C=O) groups excluding carboxylic acids is 2. The number of benzene rings is 2. The van der Waals surface area contributed by atoms with E-state index in [4.69, 9.17) is 9.47 Å². The highest BCUT2D eigenvalue weighted by molar-refractivity contribution is 6.45. The smallest absolute Gasteiger partial charge is 0.282 e. The van der Waals surface area contributed by atoms with Crippen molar-refractivity contribution in [2.24, 2.45) is 0 Å². The Morgan fingerprint density at radius 2 is 1.71 bits per heavy atom. The van der Waals surface area contributed by atoms with E-state index in [0.29, 0.717) is 49.9 Å². The van der Waals surface area contributed by atoms with Crippen LogP contribution >= 0.6 is 0 Å². The van der Waals surface area contributed by atoms with Crippen LogP contribution in [0.15, 0.2) is 54.2 Å². The Morgan fingerprint density at radius 1 is 1.03 bits per heavy atom. The summed E-state index contributed by atoms with van der Waals surface area (Å²) in [4.78, 5) is 40.6. The van der Waals surface area contributed by atoms with Gasteiger partial charge in [-0.2, -0.15) is 0 Å². The number of para-hydroxylation sites is 2. The number of nitro benzene ring substituents is 1. The molecule has 0 spiro atoms. The lowest BCUT2D eigenvalue weighted by atomic mass is 10.0. The van der Waals surface area contributed by atoms with Crippen LogP contribution in [0.2, 0.25) is 0 Å². The molecule has 0 N–H and O–H groups in total. The van der Waals surface area contributed by atoms with Crippen molar-refractivity contribution in [3.05, 3.63) is 69.9 Å². The zero-order valence-corrected chi connectivity index (χ0v) is 16.9. The molecule has 0 unspecified atom stereocenters. The van der Waals surface area contributed by atoms with Gasteiger partial charge >= 0.3 is 0 Å². The van der Waals surface area contributed by atoms with Gasteiger partial charge in [0.05, 0.1) is 36.0 Å². The molecule has 2 aromatic rings. The number of nitrogens with zero attached hydrogens (tertiary/aromatic N) is 3. The minimum absolute atomic E-state index is 0.0902. The molecule has 2 heterocycles. The topological polar surface area (TPSA) is 102 Å². The van der Waals surface area contributed by atoms with E-state index in [1.807, 2.05) is 11.8 Å². The molecular weight excluding hydrogens is 402 g/mol. The van der Waals surface area contributed by atoms with Gasteiger partial charge in [0.1, 0.15) is 11.4 Å². The monoisotopic (exact) mass is 423 g/mol. The van der Waals surface area contributed by atoms with Gasteiger partial charge in [-0.05, 0) is 36.8 Å². The number of nitro groups is 1. The summed E-state index contributed by atoms with van der Waals surface area (Å²) in [6.07, 6.45) is 0. The van der Waals surface area contributed by atoms with E-state index in [9.17, 15) is 19.7 Å². The standard InChI is InChI=1S/C22H21N3O6/c1-2-31-18-6-4-3-5-17(18)24-21(26)19(15-7-9-16(10-8-15)25(28)29)20(22(24)27)23-11-13-30-14-12-23/h3-10H,2,11-14H2,1H3. The molecule has 2 aliphatic rings. The van der Waals surface area contributed by atoms with Gasteiger partial charge in [-0.15, -0.1) is 0 Å². The maximum absolute atomic E-state index is 13.5. The highest BCUT2D eigenvalue weighted by Gasteiger charge is 2.43. The normalized spacial score (nSPS) is 16.8. The van der Waals surface area contributed by atoms with Crippen molar-refractivity contribution in [2.75, 3.05) is 37.8 Å². The molecule has 0 radical (unpaired) electrons. The van der Waals surface area contributed by atoms with Crippen molar-refractivity contribution in [2.45, 2.75) is 6.92 Å². The SMILES string of the molecule is CCOc1ccccc1N1C(=O)C(c2ccc([N+](=O)[O-])cc2)=C(N2CCOCC2)C1=O. The third-order valence-electron chi connectivity index (χ3n) is 5.16. The van der Waals surface area contributed by atoms with Gasteiger partial charge < -0.3 is 14.4 Å². The molecule has 9 heteroatoms. The fourth-order valence-electron chi connectivity index (χ4n) is 3.75. The number of morpholine rings is 1. The Morgan fingerprint density at radius 3 is 2.35 bits per heavy atom. The number of hydrogen-bond donors (Lipinski definition) is 0. The molecule has 160 valence electrons. The summed E-state index contributed by atoms with van der Waals surface area (Å²) in [6, 6.07) is 12.5. The Hall–Kier alpha value is -3.72. The number of non-ortho nitro benzene ring substituents is 1. The number of rotatable bonds is 6. The first-order valence-corrected chi connectivity index (χ1v) is 9.95. The highest BCUT2D eigenvalue weighted by atomic mass is 16.6. The number of carbonyl (C=O) groups is 2. The Bertz CT molecular complexity index is 1060. The first-order chi connectivity index (χ1) is 15.0. The minimum atomic E-state index is -0.507. The molecule has 0 bridgehead atoms. The third-order valence-corrected chi connectivity index (χ3v) is 5.16. The zero-order valence-electron chi connectivity index (χ0n) is 16.9. The van der Waals surface area contributed by atoms with Crippen molar-refractivity contribution >= 4 is 28.8 Å². The first kappa shape index (κ1) is 20.5. The van der Waals surface area contributed by atoms with Crippen molar-refractivity contribution in [3.8, 4) is 5.75 Å². The molecule has 0 saturated carbocycles. The van der Waals surface area contributed by atoms with Gasteiger partial charge in [-0.3, -0.25) is 19.7 Å². The fraction of sp³-hybridized carbons (Fsp3) is 0.273. The van der Waals surface area contributed by atoms with Gasteiger partial charge in [-0.25, -0.2) is 4.90 Å². The Balaban J connectivity index is 1.82. The second-order valence-electron chi connectivity index (χ2n) is 6.97. The molecule has 0 aliphatic carbocycles.